The second kappa shape index (κ2) is 7.86. The van der Waals surface area contributed by atoms with Crippen LogP contribution in [0.15, 0.2) is 36.4 Å². The number of aryl methyl sites for hydroxylation is 3. The lowest BCUT2D eigenvalue weighted by molar-refractivity contribution is -0.129. The zero-order valence-electron chi connectivity index (χ0n) is 17.8. The Balaban J connectivity index is 1.79. The standard InChI is InChI=1S/C24H31NO3/c1-7-20(27-21-10-8-15(2)12-17(21)4)23(26)25-19-14-24(5,6)28-22-11-9-16(3)13-18(19)22/h8-13,19-20H,7,14H2,1-6H3,(H,25,26)/t19-,20-/m0/s1. The van der Waals surface area contributed by atoms with Gasteiger partial charge in [0, 0.05) is 12.0 Å². The van der Waals surface area contributed by atoms with Crippen molar-refractivity contribution in [2.75, 3.05) is 0 Å². The molecular formula is C24H31NO3. The molecular weight excluding hydrogens is 350 g/mol. The van der Waals surface area contributed by atoms with Crippen molar-refractivity contribution in [2.45, 2.75) is 72.1 Å². The highest BCUT2D eigenvalue weighted by Crippen LogP contribution is 2.40. The summed E-state index contributed by atoms with van der Waals surface area (Å²) >= 11 is 0. The number of carbonyl (C=O) groups is 1. The van der Waals surface area contributed by atoms with Crippen molar-refractivity contribution in [3.05, 3.63) is 58.7 Å². The summed E-state index contributed by atoms with van der Waals surface area (Å²) in [5, 5.41) is 3.22. The lowest BCUT2D eigenvalue weighted by atomic mass is 9.88. The van der Waals surface area contributed by atoms with Crippen LogP contribution in [-0.2, 0) is 4.79 Å². The van der Waals surface area contributed by atoms with Crippen molar-refractivity contribution < 1.29 is 14.3 Å². The van der Waals surface area contributed by atoms with Crippen molar-refractivity contribution in [2.24, 2.45) is 0 Å². The summed E-state index contributed by atoms with van der Waals surface area (Å²) in [6.45, 7) is 12.2. The maximum Gasteiger partial charge on any atom is 0.261 e. The third kappa shape index (κ3) is 4.49. The first-order valence-electron chi connectivity index (χ1n) is 10.0. The molecule has 150 valence electrons. The molecule has 2 atom stereocenters. The van der Waals surface area contributed by atoms with Crippen LogP contribution in [0.5, 0.6) is 11.5 Å². The molecule has 1 aliphatic heterocycles. The Labute approximate surface area is 168 Å². The van der Waals surface area contributed by atoms with Gasteiger partial charge in [-0.1, -0.05) is 42.3 Å². The Morgan fingerprint density at radius 3 is 2.54 bits per heavy atom. The van der Waals surface area contributed by atoms with Crippen molar-refractivity contribution >= 4 is 5.91 Å². The molecule has 3 rings (SSSR count). The van der Waals surface area contributed by atoms with E-state index in [0.717, 1.165) is 34.6 Å². The highest BCUT2D eigenvalue weighted by atomic mass is 16.5. The predicted molar refractivity (Wildman–Crippen MR) is 112 cm³/mol. The maximum absolute atomic E-state index is 13.1. The van der Waals surface area contributed by atoms with Crippen LogP contribution >= 0.6 is 0 Å². The van der Waals surface area contributed by atoms with Gasteiger partial charge in [-0.3, -0.25) is 4.79 Å². The van der Waals surface area contributed by atoms with Crippen LogP contribution < -0.4 is 14.8 Å². The third-order valence-electron chi connectivity index (χ3n) is 5.20. The van der Waals surface area contributed by atoms with Gasteiger partial charge in [0.25, 0.3) is 5.91 Å². The van der Waals surface area contributed by atoms with Gasteiger partial charge in [-0.2, -0.15) is 0 Å². The highest BCUT2D eigenvalue weighted by molar-refractivity contribution is 5.81. The molecule has 1 heterocycles. The minimum absolute atomic E-state index is 0.0855. The zero-order chi connectivity index (χ0) is 20.5. The molecule has 2 aromatic carbocycles. The van der Waals surface area contributed by atoms with Gasteiger partial charge in [0.2, 0.25) is 0 Å². The molecule has 0 unspecified atom stereocenters. The Hall–Kier alpha value is -2.49. The Kier molecular flexibility index (Phi) is 5.69. The van der Waals surface area contributed by atoms with E-state index in [9.17, 15) is 4.79 Å². The number of hydrogen-bond acceptors (Lipinski definition) is 3. The summed E-state index contributed by atoms with van der Waals surface area (Å²) in [4.78, 5) is 13.1. The van der Waals surface area contributed by atoms with Gasteiger partial charge in [0.15, 0.2) is 6.10 Å². The van der Waals surface area contributed by atoms with Crippen LogP contribution in [0.25, 0.3) is 0 Å². The summed E-state index contributed by atoms with van der Waals surface area (Å²) in [6, 6.07) is 12.1. The summed E-state index contributed by atoms with van der Waals surface area (Å²) in [5.41, 5.74) is 4.07. The molecule has 28 heavy (non-hydrogen) atoms. The van der Waals surface area contributed by atoms with Gasteiger partial charge in [-0.15, -0.1) is 0 Å². The van der Waals surface area contributed by atoms with Gasteiger partial charge < -0.3 is 14.8 Å². The molecule has 4 nitrogen and oxygen atoms in total. The van der Waals surface area contributed by atoms with E-state index in [2.05, 4.69) is 38.2 Å². The monoisotopic (exact) mass is 381 g/mol. The van der Waals surface area contributed by atoms with E-state index >= 15 is 0 Å². The number of ether oxygens (including phenoxy) is 2. The van der Waals surface area contributed by atoms with Crippen molar-refractivity contribution in [3.63, 3.8) is 0 Å². The molecule has 0 bridgehead atoms. The first kappa shape index (κ1) is 20.2. The highest BCUT2D eigenvalue weighted by Gasteiger charge is 2.35. The topological polar surface area (TPSA) is 47.6 Å². The molecule has 2 aromatic rings. The minimum atomic E-state index is -0.527. The fraction of sp³-hybridized carbons (Fsp3) is 0.458. The van der Waals surface area contributed by atoms with E-state index in [1.807, 2.05) is 45.0 Å². The van der Waals surface area contributed by atoms with Crippen LogP contribution in [0.2, 0.25) is 0 Å². The molecule has 1 aliphatic rings. The number of fused-ring (bicyclic) bond motifs is 1. The molecule has 0 fully saturated rings. The molecule has 4 heteroatoms. The van der Waals surface area contributed by atoms with E-state index < -0.39 is 6.10 Å². The Bertz CT molecular complexity index is 872. The molecule has 0 radical (unpaired) electrons. The zero-order valence-corrected chi connectivity index (χ0v) is 17.8. The summed E-state index contributed by atoms with van der Waals surface area (Å²) in [6.07, 6.45) is 0.794. The largest absolute Gasteiger partial charge is 0.487 e. The van der Waals surface area contributed by atoms with Gasteiger partial charge in [0.1, 0.15) is 17.1 Å². The van der Waals surface area contributed by atoms with Gasteiger partial charge in [-0.05, 0) is 58.7 Å². The van der Waals surface area contributed by atoms with E-state index in [4.69, 9.17) is 9.47 Å². The molecule has 1 N–H and O–H groups in total. The van der Waals surface area contributed by atoms with Gasteiger partial charge >= 0.3 is 0 Å². The quantitative estimate of drug-likeness (QED) is 0.775. The number of amides is 1. The molecule has 0 saturated heterocycles. The number of carbonyl (C=O) groups excluding carboxylic acids is 1. The normalized spacial score (nSPS) is 18.6. The molecule has 1 amide bonds. The fourth-order valence-electron chi connectivity index (χ4n) is 3.77. The number of nitrogens with one attached hydrogen (secondary N) is 1. The first-order valence-corrected chi connectivity index (χ1v) is 10.0. The van der Waals surface area contributed by atoms with Crippen LogP contribution in [-0.4, -0.2) is 17.6 Å². The lowest BCUT2D eigenvalue weighted by Crippen LogP contribution is -2.45. The van der Waals surface area contributed by atoms with E-state index in [1.165, 1.54) is 5.56 Å². The van der Waals surface area contributed by atoms with Crippen molar-refractivity contribution in [1.29, 1.82) is 0 Å². The Morgan fingerprint density at radius 1 is 1.18 bits per heavy atom. The fourth-order valence-corrected chi connectivity index (χ4v) is 3.77. The predicted octanol–water partition coefficient (Wildman–Crippen LogP) is 5.19. The average molecular weight is 382 g/mol. The molecule has 0 aromatic heterocycles. The SMILES string of the molecule is CC[C@H](Oc1ccc(C)cc1C)C(=O)N[C@H]1CC(C)(C)Oc2ccc(C)cc21. The second-order valence-corrected chi connectivity index (χ2v) is 8.45. The smallest absolute Gasteiger partial charge is 0.261 e. The third-order valence-corrected chi connectivity index (χ3v) is 5.20. The number of rotatable bonds is 5. The van der Waals surface area contributed by atoms with Crippen molar-refractivity contribution in [1.82, 2.24) is 5.32 Å². The van der Waals surface area contributed by atoms with Gasteiger partial charge in [-0.25, -0.2) is 0 Å². The average Bonchev–Trinajstić information content (AvgIpc) is 2.61. The lowest BCUT2D eigenvalue weighted by Gasteiger charge is -2.38. The number of hydrogen-bond donors (Lipinski definition) is 1. The molecule has 0 spiro atoms. The van der Waals surface area contributed by atoms with Crippen LogP contribution in [0.1, 0.15) is 61.9 Å². The first-order chi connectivity index (χ1) is 13.2. The van der Waals surface area contributed by atoms with Crippen molar-refractivity contribution in [3.8, 4) is 11.5 Å². The second-order valence-electron chi connectivity index (χ2n) is 8.45. The molecule has 0 aliphatic carbocycles. The Morgan fingerprint density at radius 2 is 1.86 bits per heavy atom. The van der Waals surface area contributed by atoms with E-state index in [0.29, 0.717) is 6.42 Å². The van der Waals surface area contributed by atoms with Crippen LogP contribution in [0.4, 0.5) is 0 Å². The summed E-state index contributed by atoms with van der Waals surface area (Å²) in [5.74, 6) is 1.52. The molecule has 0 saturated carbocycles. The van der Waals surface area contributed by atoms with Crippen LogP contribution in [0, 0.1) is 20.8 Å². The number of benzene rings is 2. The maximum atomic E-state index is 13.1. The summed E-state index contributed by atoms with van der Waals surface area (Å²) < 4.78 is 12.2. The van der Waals surface area contributed by atoms with E-state index in [-0.39, 0.29) is 17.6 Å². The minimum Gasteiger partial charge on any atom is -0.487 e. The van der Waals surface area contributed by atoms with Gasteiger partial charge in [0.05, 0.1) is 6.04 Å². The van der Waals surface area contributed by atoms with E-state index in [1.54, 1.807) is 0 Å². The van der Waals surface area contributed by atoms with Crippen LogP contribution in [0.3, 0.4) is 0 Å². The summed E-state index contributed by atoms with van der Waals surface area (Å²) in [7, 11) is 0.